The van der Waals surface area contributed by atoms with Gasteiger partial charge in [-0.05, 0) is 25.1 Å². The Morgan fingerprint density at radius 1 is 1.15 bits per heavy atom. The van der Waals surface area contributed by atoms with Crippen LogP contribution in [0.4, 0.5) is 0 Å². The van der Waals surface area contributed by atoms with Gasteiger partial charge in [0.25, 0.3) is 0 Å². The molecule has 0 spiro atoms. The molecule has 0 saturated heterocycles. The van der Waals surface area contributed by atoms with Gasteiger partial charge in [-0.25, -0.2) is 0 Å². The first-order valence-corrected chi connectivity index (χ1v) is 7.05. The molecular formula is C17H19NO2. The summed E-state index contributed by atoms with van der Waals surface area (Å²) in [5, 5.41) is 4.70. The Morgan fingerprint density at radius 3 is 2.75 bits per heavy atom. The van der Waals surface area contributed by atoms with Crippen LogP contribution in [-0.2, 0) is 13.0 Å². The minimum atomic E-state index is 0.184. The SMILES string of the molecule is CCc1oc2ccccc2c1CN[C@H](C)c1ccco1. The molecule has 3 nitrogen and oxygen atoms in total. The van der Waals surface area contributed by atoms with Gasteiger partial charge >= 0.3 is 0 Å². The fraction of sp³-hybridized carbons (Fsp3) is 0.294. The van der Waals surface area contributed by atoms with Crippen molar-refractivity contribution < 1.29 is 8.83 Å². The Kier molecular flexibility index (Phi) is 3.61. The number of rotatable bonds is 5. The molecule has 0 aliphatic heterocycles. The molecule has 1 aromatic carbocycles. The van der Waals surface area contributed by atoms with Crippen molar-refractivity contribution in [3.8, 4) is 0 Å². The molecule has 20 heavy (non-hydrogen) atoms. The van der Waals surface area contributed by atoms with Gasteiger partial charge in [-0.3, -0.25) is 0 Å². The second-order valence-corrected chi connectivity index (χ2v) is 4.97. The van der Waals surface area contributed by atoms with Crippen LogP contribution in [0.2, 0.25) is 0 Å². The van der Waals surface area contributed by atoms with Crippen molar-refractivity contribution in [3.05, 3.63) is 59.7 Å². The lowest BCUT2D eigenvalue weighted by Crippen LogP contribution is -2.18. The van der Waals surface area contributed by atoms with Crippen LogP contribution < -0.4 is 5.32 Å². The number of furan rings is 2. The standard InChI is InChI=1S/C17H19NO2/c1-3-15-14(13-7-4-5-8-17(13)20-15)11-18-12(2)16-9-6-10-19-16/h4-10,12,18H,3,11H2,1-2H3/t12-/m1/s1. The fourth-order valence-corrected chi connectivity index (χ4v) is 2.52. The van der Waals surface area contributed by atoms with E-state index in [1.54, 1.807) is 6.26 Å². The molecule has 0 fully saturated rings. The highest BCUT2D eigenvalue weighted by Gasteiger charge is 2.14. The van der Waals surface area contributed by atoms with E-state index in [0.717, 1.165) is 30.1 Å². The maximum absolute atomic E-state index is 5.91. The summed E-state index contributed by atoms with van der Waals surface area (Å²) in [5.74, 6) is 2.01. The number of nitrogens with one attached hydrogen (secondary N) is 1. The zero-order valence-electron chi connectivity index (χ0n) is 11.8. The monoisotopic (exact) mass is 269 g/mol. The van der Waals surface area contributed by atoms with Crippen LogP contribution in [0.5, 0.6) is 0 Å². The van der Waals surface area contributed by atoms with Gasteiger partial charge in [0, 0.05) is 23.9 Å². The second-order valence-electron chi connectivity index (χ2n) is 4.97. The zero-order valence-corrected chi connectivity index (χ0v) is 11.8. The molecule has 3 aromatic rings. The Hall–Kier alpha value is -2.00. The molecule has 0 saturated carbocycles. The lowest BCUT2D eigenvalue weighted by Gasteiger charge is -2.11. The first kappa shape index (κ1) is 13.0. The van der Waals surface area contributed by atoms with E-state index in [0.29, 0.717) is 0 Å². The van der Waals surface area contributed by atoms with Crippen molar-refractivity contribution in [1.82, 2.24) is 5.32 Å². The molecule has 0 unspecified atom stereocenters. The van der Waals surface area contributed by atoms with Crippen molar-refractivity contribution in [3.63, 3.8) is 0 Å². The minimum Gasteiger partial charge on any atom is -0.468 e. The molecule has 0 bridgehead atoms. The van der Waals surface area contributed by atoms with Crippen LogP contribution in [-0.4, -0.2) is 0 Å². The van der Waals surface area contributed by atoms with Gasteiger partial charge in [0.15, 0.2) is 0 Å². The third kappa shape index (κ3) is 2.37. The van der Waals surface area contributed by atoms with Crippen molar-refractivity contribution in [2.45, 2.75) is 32.9 Å². The third-order valence-electron chi connectivity index (χ3n) is 3.66. The Balaban J connectivity index is 1.83. The summed E-state index contributed by atoms with van der Waals surface area (Å²) < 4.78 is 11.3. The van der Waals surface area contributed by atoms with E-state index < -0.39 is 0 Å². The zero-order chi connectivity index (χ0) is 13.9. The minimum absolute atomic E-state index is 0.184. The molecule has 0 aliphatic rings. The number of benzene rings is 1. The van der Waals surface area contributed by atoms with Crippen molar-refractivity contribution >= 4 is 11.0 Å². The lowest BCUT2D eigenvalue weighted by atomic mass is 10.1. The number of fused-ring (bicyclic) bond motifs is 1. The summed E-state index contributed by atoms with van der Waals surface area (Å²) in [6.07, 6.45) is 2.61. The summed E-state index contributed by atoms with van der Waals surface area (Å²) >= 11 is 0. The number of hydrogen-bond acceptors (Lipinski definition) is 3. The highest BCUT2D eigenvalue weighted by atomic mass is 16.3. The molecule has 3 heteroatoms. The third-order valence-corrected chi connectivity index (χ3v) is 3.66. The van der Waals surface area contributed by atoms with Crippen LogP contribution in [0, 0.1) is 0 Å². The maximum Gasteiger partial charge on any atom is 0.134 e. The van der Waals surface area contributed by atoms with Crippen molar-refractivity contribution in [2.75, 3.05) is 0 Å². The summed E-state index contributed by atoms with van der Waals surface area (Å²) in [6, 6.07) is 12.3. The molecule has 0 aliphatic carbocycles. The molecular weight excluding hydrogens is 250 g/mol. The van der Waals surface area contributed by atoms with Gasteiger partial charge in [0.1, 0.15) is 17.1 Å². The topological polar surface area (TPSA) is 38.3 Å². The van der Waals surface area contributed by atoms with E-state index in [1.165, 1.54) is 10.9 Å². The second kappa shape index (κ2) is 5.55. The summed E-state index contributed by atoms with van der Waals surface area (Å²) in [6.45, 7) is 5.01. The first-order chi connectivity index (χ1) is 9.79. The van der Waals surface area contributed by atoms with Crippen molar-refractivity contribution in [1.29, 1.82) is 0 Å². The molecule has 0 amide bonds. The average Bonchev–Trinajstić information content (AvgIpc) is 3.12. The van der Waals surface area contributed by atoms with E-state index in [2.05, 4.69) is 31.3 Å². The highest BCUT2D eigenvalue weighted by molar-refractivity contribution is 5.82. The van der Waals surface area contributed by atoms with E-state index in [4.69, 9.17) is 8.83 Å². The molecule has 2 aromatic heterocycles. The number of aryl methyl sites for hydroxylation is 1. The molecule has 2 heterocycles. The largest absolute Gasteiger partial charge is 0.468 e. The molecule has 1 N–H and O–H groups in total. The van der Waals surface area contributed by atoms with Crippen LogP contribution in [0.25, 0.3) is 11.0 Å². The first-order valence-electron chi connectivity index (χ1n) is 7.05. The van der Waals surface area contributed by atoms with E-state index >= 15 is 0 Å². The molecule has 0 radical (unpaired) electrons. The van der Waals surface area contributed by atoms with E-state index in [1.807, 2.05) is 24.3 Å². The smallest absolute Gasteiger partial charge is 0.134 e. The van der Waals surface area contributed by atoms with Gasteiger partial charge in [0.05, 0.1) is 12.3 Å². The van der Waals surface area contributed by atoms with Crippen LogP contribution >= 0.6 is 0 Å². The van der Waals surface area contributed by atoms with Gasteiger partial charge in [0.2, 0.25) is 0 Å². The van der Waals surface area contributed by atoms with Crippen LogP contribution in [0.15, 0.2) is 51.5 Å². The van der Waals surface area contributed by atoms with Gasteiger partial charge in [-0.2, -0.15) is 0 Å². The summed E-state index contributed by atoms with van der Waals surface area (Å²) in [7, 11) is 0. The van der Waals surface area contributed by atoms with Crippen LogP contribution in [0.1, 0.15) is 37.0 Å². The van der Waals surface area contributed by atoms with Crippen molar-refractivity contribution in [2.24, 2.45) is 0 Å². The van der Waals surface area contributed by atoms with Gasteiger partial charge in [-0.1, -0.05) is 25.1 Å². The molecule has 3 rings (SSSR count). The Morgan fingerprint density at radius 2 is 2.00 bits per heavy atom. The predicted octanol–water partition coefficient (Wildman–Crippen LogP) is 4.44. The highest BCUT2D eigenvalue weighted by Crippen LogP contribution is 2.27. The normalized spacial score (nSPS) is 12.9. The van der Waals surface area contributed by atoms with E-state index in [-0.39, 0.29) is 6.04 Å². The Labute approximate surface area is 118 Å². The average molecular weight is 269 g/mol. The summed E-state index contributed by atoms with van der Waals surface area (Å²) in [4.78, 5) is 0. The predicted molar refractivity (Wildman–Crippen MR) is 79.6 cm³/mol. The van der Waals surface area contributed by atoms with Gasteiger partial charge in [-0.15, -0.1) is 0 Å². The fourth-order valence-electron chi connectivity index (χ4n) is 2.52. The maximum atomic E-state index is 5.91. The van der Waals surface area contributed by atoms with E-state index in [9.17, 15) is 0 Å². The van der Waals surface area contributed by atoms with Gasteiger partial charge < -0.3 is 14.2 Å². The number of para-hydroxylation sites is 1. The quantitative estimate of drug-likeness (QED) is 0.744. The molecule has 1 atom stereocenters. The summed E-state index contributed by atoms with van der Waals surface area (Å²) in [5.41, 5.74) is 2.22. The molecule has 104 valence electrons. The number of hydrogen-bond donors (Lipinski definition) is 1. The Bertz CT molecular complexity index is 682. The lowest BCUT2D eigenvalue weighted by molar-refractivity contribution is 0.428. The van der Waals surface area contributed by atoms with Crippen LogP contribution in [0.3, 0.4) is 0 Å².